The summed E-state index contributed by atoms with van der Waals surface area (Å²) in [5.74, 6) is 5.42. The standard InChI is InChI=1S/C8H14N6O2/c9-12-16-8(15)1-2-13-3-4-14-6-10-11-7(14)5-13/h6,12H,1-5,9H2. The quantitative estimate of drug-likeness (QED) is 0.471. The van der Waals surface area contributed by atoms with E-state index >= 15 is 0 Å². The van der Waals surface area contributed by atoms with Crippen molar-refractivity contribution < 1.29 is 9.63 Å². The van der Waals surface area contributed by atoms with Crippen LogP contribution in [0.1, 0.15) is 12.2 Å². The van der Waals surface area contributed by atoms with Crippen LogP contribution in [0.5, 0.6) is 0 Å². The van der Waals surface area contributed by atoms with Crippen LogP contribution in [-0.2, 0) is 22.7 Å². The molecule has 0 spiro atoms. The number of nitrogens with one attached hydrogen (secondary N) is 1. The molecule has 0 bridgehead atoms. The molecule has 0 unspecified atom stereocenters. The summed E-state index contributed by atoms with van der Waals surface area (Å²) in [5.41, 5.74) is 1.87. The number of rotatable bonds is 4. The van der Waals surface area contributed by atoms with Crippen molar-refractivity contribution in [2.75, 3.05) is 13.1 Å². The lowest BCUT2D eigenvalue weighted by molar-refractivity contribution is -0.151. The van der Waals surface area contributed by atoms with Gasteiger partial charge < -0.3 is 9.40 Å². The van der Waals surface area contributed by atoms with E-state index in [1.54, 1.807) is 6.33 Å². The molecular weight excluding hydrogens is 212 g/mol. The van der Waals surface area contributed by atoms with Gasteiger partial charge in [-0.1, -0.05) is 5.59 Å². The minimum absolute atomic E-state index is 0.304. The first-order valence-corrected chi connectivity index (χ1v) is 5.04. The van der Waals surface area contributed by atoms with Crippen molar-refractivity contribution >= 4 is 5.97 Å². The summed E-state index contributed by atoms with van der Waals surface area (Å²) in [6.45, 7) is 3.08. The lowest BCUT2D eigenvalue weighted by Crippen LogP contribution is -2.36. The van der Waals surface area contributed by atoms with Crippen molar-refractivity contribution in [3.63, 3.8) is 0 Å². The highest BCUT2D eigenvalue weighted by molar-refractivity contribution is 5.69. The van der Waals surface area contributed by atoms with Crippen LogP contribution in [0.2, 0.25) is 0 Å². The third kappa shape index (κ3) is 2.54. The number of hydrogen-bond acceptors (Lipinski definition) is 7. The molecule has 3 N–H and O–H groups in total. The van der Waals surface area contributed by atoms with Crippen LogP contribution in [0.3, 0.4) is 0 Å². The van der Waals surface area contributed by atoms with Gasteiger partial charge in [-0.05, 0) is 0 Å². The Morgan fingerprint density at radius 2 is 2.50 bits per heavy atom. The van der Waals surface area contributed by atoms with Gasteiger partial charge in [-0.3, -0.25) is 9.69 Å². The topological polar surface area (TPSA) is 98.3 Å². The second-order valence-corrected chi connectivity index (χ2v) is 3.56. The van der Waals surface area contributed by atoms with Crippen LogP contribution in [0.15, 0.2) is 6.33 Å². The molecule has 0 aromatic carbocycles. The van der Waals surface area contributed by atoms with Gasteiger partial charge in [0.25, 0.3) is 0 Å². The van der Waals surface area contributed by atoms with Crippen molar-refractivity contribution in [3.8, 4) is 0 Å². The van der Waals surface area contributed by atoms with Crippen LogP contribution >= 0.6 is 0 Å². The Balaban J connectivity index is 1.79. The molecule has 2 rings (SSSR count). The lowest BCUT2D eigenvalue weighted by atomic mass is 10.3. The maximum Gasteiger partial charge on any atom is 0.327 e. The van der Waals surface area contributed by atoms with E-state index < -0.39 is 0 Å². The molecule has 0 amide bonds. The van der Waals surface area contributed by atoms with Crippen molar-refractivity contribution in [2.24, 2.45) is 5.84 Å². The van der Waals surface area contributed by atoms with E-state index in [0.29, 0.717) is 19.5 Å². The maximum atomic E-state index is 11.1. The third-order valence-electron chi connectivity index (χ3n) is 2.52. The second kappa shape index (κ2) is 5.01. The molecule has 1 aliphatic rings. The summed E-state index contributed by atoms with van der Waals surface area (Å²) in [6.07, 6.45) is 2.03. The average Bonchev–Trinajstić information content (AvgIpc) is 2.74. The van der Waals surface area contributed by atoms with Gasteiger partial charge in [0.15, 0.2) is 0 Å². The van der Waals surface area contributed by atoms with E-state index in [2.05, 4.69) is 19.9 Å². The highest BCUT2D eigenvalue weighted by atomic mass is 16.7. The Morgan fingerprint density at radius 3 is 3.31 bits per heavy atom. The van der Waals surface area contributed by atoms with Crippen LogP contribution in [0, 0.1) is 0 Å². The Hall–Kier alpha value is -1.51. The first-order chi connectivity index (χ1) is 7.79. The normalized spacial score (nSPS) is 15.8. The van der Waals surface area contributed by atoms with Gasteiger partial charge in [-0.2, -0.15) is 0 Å². The molecule has 0 saturated carbocycles. The number of nitrogens with two attached hydrogens (primary N) is 1. The van der Waals surface area contributed by atoms with Gasteiger partial charge in [0.1, 0.15) is 12.2 Å². The van der Waals surface area contributed by atoms with Gasteiger partial charge in [-0.25, -0.2) is 5.84 Å². The van der Waals surface area contributed by atoms with Crippen molar-refractivity contribution in [2.45, 2.75) is 19.5 Å². The summed E-state index contributed by atoms with van der Waals surface area (Å²) < 4.78 is 2.01. The SMILES string of the molecule is NNOC(=O)CCN1CCn2cnnc2C1. The third-order valence-corrected chi connectivity index (χ3v) is 2.52. The maximum absolute atomic E-state index is 11.1. The van der Waals surface area contributed by atoms with Crippen LogP contribution in [0.4, 0.5) is 0 Å². The molecule has 2 heterocycles. The highest BCUT2D eigenvalue weighted by Gasteiger charge is 2.17. The van der Waals surface area contributed by atoms with Gasteiger partial charge in [0.05, 0.1) is 13.0 Å². The minimum atomic E-state index is -0.366. The fourth-order valence-corrected chi connectivity index (χ4v) is 1.67. The van der Waals surface area contributed by atoms with Gasteiger partial charge in [0.2, 0.25) is 0 Å². The summed E-state index contributed by atoms with van der Waals surface area (Å²) in [4.78, 5) is 17.6. The first kappa shape index (κ1) is 11.0. The summed E-state index contributed by atoms with van der Waals surface area (Å²) in [7, 11) is 0. The number of hydrazine groups is 1. The molecule has 0 aliphatic carbocycles. The molecule has 0 saturated heterocycles. The number of hydrogen-bond donors (Lipinski definition) is 2. The number of nitrogens with zero attached hydrogens (tertiary/aromatic N) is 4. The zero-order valence-electron chi connectivity index (χ0n) is 8.80. The molecule has 1 aromatic rings. The monoisotopic (exact) mass is 226 g/mol. The van der Waals surface area contributed by atoms with E-state index in [0.717, 1.165) is 18.9 Å². The van der Waals surface area contributed by atoms with E-state index in [-0.39, 0.29) is 5.97 Å². The van der Waals surface area contributed by atoms with Crippen molar-refractivity contribution in [1.82, 2.24) is 25.3 Å². The second-order valence-electron chi connectivity index (χ2n) is 3.56. The Kier molecular flexibility index (Phi) is 3.44. The average molecular weight is 226 g/mol. The lowest BCUT2D eigenvalue weighted by Gasteiger charge is -2.26. The zero-order valence-corrected chi connectivity index (χ0v) is 8.80. The fraction of sp³-hybridized carbons (Fsp3) is 0.625. The molecule has 0 atom stereocenters. The van der Waals surface area contributed by atoms with Crippen LogP contribution in [0.25, 0.3) is 0 Å². The highest BCUT2D eigenvalue weighted by Crippen LogP contribution is 2.09. The summed E-state index contributed by atoms with van der Waals surface area (Å²) in [5, 5.41) is 7.82. The Labute approximate surface area is 92.3 Å². The first-order valence-electron chi connectivity index (χ1n) is 5.04. The van der Waals surface area contributed by atoms with Crippen LogP contribution in [-0.4, -0.2) is 38.7 Å². The minimum Gasteiger partial charge on any atom is -0.356 e. The number of carbonyl (C=O) groups excluding carboxylic acids is 1. The van der Waals surface area contributed by atoms with Crippen molar-refractivity contribution in [3.05, 3.63) is 12.2 Å². The molecule has 0 radical (unpaired) electrons. The largest absolute Gasteiger partial charge is 0.356 e. The summed E-state index contributed by atoms with van der Waals surface area (Å²) >= 11 is 0. The molecule has 8 nitrogen and oxygen atoms in total. The van der Waals surface area contributed by atoms with Gasteiger partial charge in [0, 0.05) is 19.6 Å². The van der Waals surface area contributed by atoms with E-state index in [9.17, 15) is 4.79 Å². The molecule has 1 aromatic heterocycles. The number of fused-ring (bicyclic) bond motifs is 1. The van der Waals surface area contributed by atoms with E-state index in [1.807, 2.05) is 10.2 Å². The van der Waals surface area contributed by atoms with E-state index in [4.69, 9.17) is 5.84 Å². The molecule has 0 fully saturated rings. The molecule has 8 heteroatoms. The zero-order chi connectivity index (χ0) is 11.4. The smallest absolute Gasteiger partial charge is 0.327 e. The van der Waals surface area contributed by atoms with Gasteiger partial charge >= 0.3 is 5.97 Å². The Morgan fingerprint density at radius 1 is 1.62 bits per heavy atom. The van der Waals surface area contributed by atoms with Gasteiger partial charge in [-0.15, -0.1) is 10.2 Å². The van der Waals surface area contributed by atoms with E-state index in [1.165, 1.54) is 0 Å². The molecular formula is C8H14N6O2. The molecule has 1 aliphatic heterocycles. The number of aromatic nitrogens is 3. The van der Waals surface area contributed by atoms with Crippen molar-refractivity contribution in [1.29, 1.82) is 0 Å². The molecule has 88 valence electrons. The predicted octanol–water partition coefficient (Wildman–Crippen LogP) is -1.59. The fourth-order valence-electron chi connectivity index (χ4n) is 1.67. The Bertz CT molecular complexity index is 365. The van der Waals surface area contributed by atoms with Crippen LogP contribution < -0.4 is 11.4 Å². The molecule has 16 heavy (non-hydrogen) atoms. The summed E-state index contributed by atoms with van der Waals surface area (Å²) in [6, 6.07) is 0. The predicted molar refractivity (Wildman–Crippen MR) is 53.3 cm³/mol. The number of carbonyl (C=O) groups is 1.